The Bertz CT molecular complexity index is 775. The molecule has 2 N–H and O–H groups in total. The predicted molar refractivity (Wildman–Crippen MR) is 122 cm³/mol. The van der Waals surface area contributed by atoms with E-state index in [0.717, 1.165) is 31.0 Å². The molecule has 2 saturated heterocycles. The number of nitrogens with zero attached hydrogens (tertiary/aromatic N) is 4. The molecule has 0 unspecified atom stereocenters. The molecular formula is C23H37N5O5. The summed E-state index contributed by atoms with van der Waals surface area (Å²) in [6, 6.07) is 2.59. The lowest BCUT2D eigenvalue weighted by Crippen LogP contribution is -2.47. The van der Waals surface area contributed by atoms with Crippen molar-refractivity contribution in [2.24, 2.45) is 5.92 Å². The molecule has 1 aliphatic carbocycles. The van der Waals surface area contributed by atoms with Crippen molar-refractivity contribution in [3.8, 4) is 0 Å². The molecule has 3 fully saturated rings. The molecule has 184 valence electrons. The first-order valence-electron chi connectivity index (χ1n) is 12.0. The van der Waals surface area contributed by atoms with E-state index in [9.17, 15) is 9.59 Å². The monoisotopic (exact) mass is 463 g/mol. The minimum atomic E-state index is -0.250. The van der Waals surface area contributed by atoms with Gasteiger partial charge in [0, 0.05) is 63.8 Å². The molecule has 2 atom stereocenters. The summed E-state index contributed by atoms with van der Waals surface area (Å²) < 4.78 is 7.19. The molecule has 10 heteroatoms. The van der Waals surface area contributed by atoms with Crippen LogP contribution in [0.15, 0.2) is 12.3 Å². The number of morpholine rings is 1. The summed E-state index contributed by atoms with van der Waals surface area (Å²) in [5.41, 5.74) is 0.967. The molecule has 3 heterocycles. The van der Waals surface area contributed by atoms with Crippen molar-refractivity contribution in [1.29, 1.82) is 0 Å². The Kier molecular flexibility index (Phi) is 9.68. The van der Waals surface area contributed by atoms with E-state index in [2.05, 4.69) is 15.3 Å². The van der Waals surface area contributed by atoms with Crippen molar-refractivity contribution in [3.63, 3.8) is 0 Å². The van der Waals surface area contributed by atoms with Crippen LogP contribution in [0.25, 0.3) is 0 Å². The van der Waals surface area contributed by atoms with Gasteiger partial charge in [-0.3, -0.25) is 24.0 Å². The van der Waals surface area contributed by atoms with Crippen LogP contribution in [0.3, 0.4) is 0 Å². The van der Waals surface area contributed by atoms with Crippen molar-refractivity contribution in [1.82, 2.24) is 24.9 Å². The van der Waals surface area contributed by atoms with Gasteiger partial charge in [0.25, 0.3) is 6.47 Å². The Morgan fingerprint density at radius 3 is 2.55 bits per heavy atom. The number of ether oxygens (including phenoxy) is 1. The van der Waals surface area contributed by atoms with Gasteiger partial charge in [-0.15, -0.1) is 0 Å². The van der Waals surface area contributed by atoms with Crippen LogP contribution in [0.5, 0.6) is 0 Å². The summed E-state index contributed by atoms with van der Waals surface area (Å²) in [5, 5.41) is 14.4. The van der Waals surface area contributed by atoms with Gasteiger partial charge in [-0.1, -0.05) is 0 Å². The maximum atomic E-state index is 12.8. The summed E-state index contributed by atoms with van der Waals surface area (Å²) >= 11 is 0. The largest absolute Gasteiger partial charge is 0.483 e. The molecule has 2 amide bonds. The van der Waals surface area contributed by atoms with E-state index >= 15 is 0 Å². The number of carboxylic acid groups (broad SMARTS) is 1. The van der Waals surface area contributed by atoms with Gasteiger partial charge >= 0.3 is 0 Å². The topological polar surface area (TPSA) is 117 Å². The molecule has 0 spiro atoms. The van der Waals surface area contributed by atoms with Crippen molar-refractivity contribution in [2.75, 3.05) is 39.4 Å². The third-order valence-corrected chi connectivity index (χ3v) is 6.59. The van der Waals surface area contributed by atoms with Crippen LogP contribution < -0.4 is 5.32 Å². The molecule has 2 aliphatic heterocycles. The lowest BCUT2D eigenvalue weighted by atomic mass is 10.1. The Morgan fingerprint density at radius 2 is 1.91 bits per heavy atom. The Balaban J connectivity index is 0.000000968. The number of nitrogens with one attached hydrogen (secondary N) is 1. The fraction of sp³-hybridized carbons (Fsp3) is 0.739. The normalized spacial score (nSPS) is 23.0. The first kappa shape index (κ1) is 25.2. The summed E-state index contributed by atoms with van der Waals surface area (Å²) in [7, 11) is 0. The Morgan fingerprint density at radius 1 is 1.21 bits per heavy atom. The molecule has 1 saturated carbocycles. The number of amides is 2. The number of aryl methyl sites for hydroxylation is 2. The summed E-state index contributed by atoms with van der Waals surface area (Å²) in [6.07, 6.45) is 7.62. The second kappa shape index (κ2) is 12.7. The molecule has 3 aliphatic rings. The van der Waals surface area contributed by atoms with Crippen LogP contribution in [0, 0.1) is 12.8 Å². The van der Waals surface area contributed by atoms with E-state index in [4.69, 9.17) is 14.6 Å². The highest BCUT2D eigenvalue weighted by Crippen LogP contribution is 2.35. The molecule has 0 radical (unpaired) electrons. The van der Waals surface area contributed by atoms with Crippen LogP contribution in [-0.4, -0.2) is 94.4 Å². The minimum absolute atomic E-state index is 0.0716. The van der Waals surface area contributed by atoms with Crippen LogP contribution >= 0.6 is 0 Å². The van der Waals surface area contributed by atoms with Crippen LogP contribution in [0.4, 0.5) is 0 Å². The quantitative estimate of drug-likeness (QED) is 0.522. The van der Waals surface area contributed by atoms with Gasteiger partial charge in [-0.05, 0) is 44.6 Å². The smallest absolute Gasteiger partial charge is 0.290 e. The molecule has 0 aromatic carbocycles. The number of carbonyl (C=O) groups is 3. The van der Waals surface area contributed by atoms with E-state index in [1.807, 2.05) is 28.8 Å². The molecule has 33 heavy (non-hydrogen) atoms. The first-order valence-corrected chi connectivity index (χ1v) is 12.0. The van der Waals surface area contributed by atoms with Gasteiger partial charge in [0.05, 0.1) is 18.9 Å². The highest BCUT2D eigenvalue weighted by Gasteiger charge is 2.38. The summed E-state index contributed by atoms with van der Waals surface area (Å²) in [6.45, 7) is 6.76. The van der Waals surface area contributed by atoms with Crippen molar-refractivity contribution < 1.29 is 24.2 Å². The maximum Gasteiger partial charge on any atom is 0.290 e. The van der Waals surface area contributed by atoms with Crippen LogP contribution in [-0.2, 0) is 25.7 Å². The lowest BCUT2D eigenvalue weighted by Gasteiger charge is -2.33. The third kappa shape index (κ3) is 8.12. The average Bonchev–Trinajstić information content (AvgIpc) is 3.42. The van der Waals surface area contributed by atoms with Gasteiger partial charge in [0.15, 0.2) is 0 Å². The minimum Gasteiger partial charge on any atom is -0.483 e. The number of rotatable bonds is 9. The number of hydrogen-bond acceptors (Lipinski definition) is 6. The van der Waals surface area contributed by atoms with Crippen LogP contribution in [0.2, 0.25) is 0 Å². The SMILES string of the molecule is Cc1ccn(CCC(=O)NC[C@@H]2CC[C@H](CC(=O)N3CCOCC3)N2CC2CC2)n1.O=CO. The number of carbonyl (C=O) groups excluding carboxylic acids is 2. The van der Waals surface area contributed by atoms with E-state index in [1.54, 1.807) is 0 Å². The van der Waals surface area contributed by atoms with Gasteiger partial charge in [0.1, 0.15) is 0 Å². The molecular weight excluding hydrogens is 426 g/mol. The predicted octanol–water partition coefficient (Wildman–Crippen LogP) is 0.891. The Hall–Kier alpha value is -2.46. The van der Waals surface area contributed by atoms with Crippen molar-refractivity contribution in [3.05, 3.63) is 18.0 Å². The van der Waals surface area contributed by atoms with Gasteiger partial charge in [-0.25, -0.2) is 0 Å². The second-order valence-electron chi connectivity index (χ2n) is 9.10. The molecule has 0 bridgehead atoms. The zero-order valence-electron chi connectivity index (χ0n) is 19.5. The van der Waals surface area contributed by atoms with Crippen LogP contribution in [0.1, 0.15) is 44.2 Å². The molecule has 10 nitrogen and oxygen atoms in total. The zero-order valence-corrected chi connectivity index (χ0v) is 19.5. The average molecular weight is 464 g/mol. The van der Waals surface area contributed by atoms with E-state index in [1.165, 1.54) is 12.8 Å². The van der Waals surface area contributed by atoms with Gasteiger partial charge in [0.2, 0.25) is 11.8 Å². The van der Waals surface area contributed by atoms with Crippen molar-refractivity contribution in [2.45, 2.75) is 64.1 Å². The fourth-order valence-electron chi connectivity index (χ4n) is 4.62. The number of hydrogen-bond donors (Lipinski definition) is 2. The number of aromatic nitrogens is 2. The third-order valence-electron chi connectivity index (χ3n) is 6.59. The second-order valence-corrected chi connectivity index (χ2v) is 9.10. The maximum absolute atomic E-state index is 12.8. The van der Waals surface area contributed by atoms with Crippen molar-refractivity contribution >= 4 is 18.3 Å². The molecule has 1 aromatic rings. The Labute approximate surface area is 195 Å². The highest BCUT2D eigenvalue weighted by atomic mass is 16.5. The van der Waals surface area contributed by atoms with Gasteiger partial charge in [-0.2, -0.15) is 5.10 Å². The van der Waals surface area contributed by atoms with E-state index in [0.29, 0.717) is 64.3 Å². The van der Waals surface area contributed by atoms with E-state index < -0.39 is 0 Å². The summed E-state index contributed by atoms with van der Waals surface area (Å²) in [5.74, 6) is 1.09. The lowest BCUT2D eigenvalue weighted by molar-refractivity contribution is -0.136. The van der Waals surface area contributed by atoms with Gasteiger partial charge < -0.3 is 20.1 Å². The summed E-state index contributed by atoms with van der Waals surface area (Å²) in [4.78, 5) is 37.9. The number of likely N-dealkylation sites (tertiary alicyclic amines) is 1. The molecule has 4 rings (SSSR count). The van der Waals surface area contributed by atoms with E-state index in [-0.39, 0.29) is 18.3 Å². The highest BCUT2D eigenvalue weighted by molar-refractivity contribution is 5.77. The standard InChI is InChI=1S/C22H35N5O3.CH2O2/c1-17-6-8-26(24-17)9-7-21(28)23-15-20-5-4-19(27(20)16-18-2-3-18)14-22(29)25-10-12-30-13-11-25;2-1-3/h6,8,18-20H,2-5,7,9-16H2,1H3,(H,23,28);1H,(H,2,3)/t19-,20+;/m1./s1. The fourth-order valence-corrected chi connectivity index (χ4v) is 4.62. The molecule has 1 aromatic heterocycles. The zero-order chi connectivity index (χ0) is 23.6. The first-order chi connectivity index (χ1) is 16.0.